The lowest BCUT2D eigenvalue weighted by Crippen LogP contribution is -2.46. The van der Waals surface area contributed by atoms with Crippen molar-refractivity contribution in [3.05, 3.63) is 0 Å². The number of piperidine rings is 1. The average molecular weight is 198 g/mol. The molecule has 2 saturated heterocycles. The lowest BCUT2D eigenvalue weighted by molar-refractivity contribution is 0.0476. The molecule has 0 saturated carbocycles. The number of ether oxygens (including phenoxy) is 1. The number of nitrogens with one attached hydrogen (secondary N) is 1. The van der Waals surface area contributed by atoms with E-state index in [9.17, 15) is 0 Å². The molecule has 0 amide bonds. The highest BCUT2D eigenvalue weighted by Crippen LogP contribution is 2.25. The van der Waals surface area contributed by atoms with Crippen LogP contribution in [0.3, 0.4) is 0 Å². The molecule has 0 aromatic carbocycles. The average Bonchev–Trinajstić information content (AvgIpc) is 2.30. The molecule has 0 aliphatic carbocycles. The molecule has 0 aromatic heterocycles. The van der Waals surface area contributed by atoms with Gasteiger partial charge >= 0.3 is 0 Å². The molecular formula is C11H22N2O. The normalized spacial score (nSPS) is 35.8. The smallest absolute Gasteiger partial charge is 0.0469 e. The molecule has 2 heterocycles. The summed E-state index contributed by atoms with van der Waals surface area (Å²) >= 11 is 0. The fourth-order valence-corrected chi connectivity index (χ4v) is 2.66. The molecule has 3 heteroatoms. The predicted octanol–water partition coefficient (Wildman–Crippen LogP) is 0.740. The van der Waals surface area contributed by atoms with Crippen LogP contribution in [0.25, 0.3) is 0 Å². The van der Waals surface area contributed by atoms with E-state index in [2.05, 4.69) is 5.32 Å². The molecule has 82 valence electrons. The van der Waals surface area contributed by atoms with Gasteiger partial charge in [0.2, 0.25) is 0 Å². The van der Waals surface area contributed by atoms with Crippen LogP contribution in [0.1, 0.15) is 25.7 Å². The maximum atomic E-state index is 5.67. The summed E-state index contributed by atoms with van der Waals surface area (Å²) < 4.78 is 5.39. The fraction of sp³-hybridized carbons (Fsp3) is 1.00. The maximum Gasteiger partial charge on any atom is 0.0469 e. The second-order valence-corrected chi connectivity index (χ2v) is 4.64. The van der Waals surface area contributed by atoms with Gasteiger partial charge in [0.05, 0.1) is 0 Å². The second kappa shape index (κ2) is 5.10. The fourth-order valence-electron chi connectivity index (χ4n) is 2.66. The van der Waals surface area contributed by atoms with E-state index in [1.54, 1.807) is 0 Å². The van der Waals surface area contributed by atoms with Gasteiger partial charge < -0.3 is 15.8 Å². The van der Waals surface area contributed by atoms with Crippen LogP contribution < -0.4 is 11.1 Å². The van der Waals surface area contributed by atoms with E-state index in [1.807, 2.05) is 0 Å². The third-order valence-electron chi connectivity index (χ3n) is 3.72. The number of hydrogen-bond donors (Lipinski definition) is 2. The molecule has 2 fully saturated rings. The Morgan fingerprint density at radius 3 is 2.50 bits per heavy atom. The van der Waals surface area contributed by atoms with Gasteiger partial charge in [0.15, 0.2) is 0 Å². The van der Waals surface area contributed by atoms with Crippen molar-refractivity contribution in [2.24, 2.45) is 17.6 Å². The summed E-state index contributed by atoms with van der Waals surface area (Å²) in [5.41, 5.74) is 5.67. The molecule has 2 rings (SSSR count). The van der Waals surface area contributed by atoms with Gasteiger partial charge in [-0.05, 0) is 50.6 Å². The third-order valence-corrected chi connectivity index (χ3v) is 3.72. The SMILES string of the molecule is NCC1CCC(C2CCOCC2)NC1. The molecule has 0 bridgehead atoms. The van der Waals surface area contributed by atoms with E-state index in [-0.39, 0.29) is 0 Å². The minimum atomic E-state index is 0.714. The molecule has 0 aromatic rings. The zero-order valence-corrected chi connectivity index (χ0v) is 8.87. The van der Waals surface area contributed by atoms with Gasteiger partial charge in [0, 0.05) is 19.3 Å². The van der Waals surface area contributed by atoms with E-state index in [4.69, 9.17) is 10.5 Å². The van der Waals surface area contributed by atoms with Gasteiger partial charge in [-0.15, -0.1) is 0 Å². The summed E-state index contributed by atoms with van der Waals surface area (Å²) in [5.74, 6) is 1.56. The molecule has 2 aliphatic heterocycles. The Bertz CT molecular complexity index is 161. The topological polar surface area (TPSA) is 47.3 Å². The van der Waals surface area contributed by atoms with E-state index in [0.29, 0.717) is 5.92 Å². The maximum absolute atomic E-state index is 5.67. The first-order valence-corrected chi connectivity index (χ1v) is 5.91. The van der Waals surface area contributed by atoms with E-state index in [0.717, 1.165) is 38.3 Å². The summed E-state index contributed by atoms with van der Waals surface area (Å²) in [4.78, 5) is 0. The zero-order chi connectivity index (χ0) is 9.80. The van der Waals surface area contributed by atoms with Gasteiger partial charge in [-0.2, -0.15) is 0 Å². The first kappa shape index (κ1) is 10.4. The molecule has 14 heavy (non-hydrogen) atoms. The molecule has 0 radical (unpaired) electrons. The quantitative estimate of drug-likeness (QED) is 0.688. The summed E-state index contributed by atoms with van der Waals surface area (Å²) in [6.45, 7) is 3.89. The Kier molecular flexibility index (Phi) is 3.79. The molecule has 3 nitrogen and oxygen atoms in total. The summed E-state index contributed by atoms with van der Waals surface area (Å²) in [7, 11) is 0. The van der Waals surface area contributed by atoms with Crippen molar-refractivity contribution in [1.82, 2.24) is 5.32 Å². The van der Waals surface area contributed by atoms with Crippen LogP contribution in [-0.4, -0.2) is 32.3 Å². The Morgan fingerprint density at radius 2 is 1.93 bits per heavy atom. The summed E-state index contributed by atoms with van der Waals surface area (Å²) in [5, 5.41) is 3.65. The van der Waals surface area contributed by atoms with Crippen LogP contribution in [0.2, 0.25) is 0 Å². The van der Waals surface area contributed by atoms with Crippen molar-refractivity contribution >= 4 is 0 Å². The van der Waals surface area contributed by atoms with Crippen LogP contribution in [0, 0.1) is 11.8 Å². The van der Waals surface area contributed by atoms with Crippen molar-refractivity contribution in [2.45, 2.75) is 31.7 Å². The van der Waals surface area contributed by atoms with Gasteiger partial charge in [0.1, 0.15) is 0 Å². The van der Waals surface area contributed by atoms with E-state index >= 15 is 0 Å². The Labute approximate surface area is 86.4 Å². The lowest BCUT2D eigenvalue weighted by Gasteiger charge is -2.36. The molecule has 2 atom stereocenters. The Hall–Kier alpha value is -0.120. The summed E-state index contributed by atoms with van der Waals surface area (Å²) in [6, 6.07) is 0.738. The monoisotopic (exact) mass is 198 g/mol. The summed E-state index contributed by atoms with van der Waals surface area (Å²) in [6.07, 6.45) is 5.11. The highest BCUT2D eigenvalue weighted by atomic mass is 16.5. The number of rotatable bonds is 2. The molecule has 2 aliphatic rings. The number of nitrogens with two attached hydrogens (primary N) is 1. The second-order valence-electron chi connectivity index (χ2n) is 4.64. The first-order valence-electron chi connectivity index (χ1n) is 5.91. The van der Waals surface area contributed by atoms with E-state index < -0.39 is 0 Å². The highest BCUT2D eigenvalue weighted by molar-refractivity contribution is 4.84. The minimum Gasteiger partial charge on any atom is -0.381 e. The van der Waals surface area contributed by atoms with E-state index in [1.165, 1.54) is 25.7 Å². The number of hydrogen-bond acceptors (Lipinski definition) is 3. The third kappa shape index (κ3) is 2.47. The van der Waals surface area contributed by atoms with Crippen molar-refractivity contribution in [3.8, 4) is 0 Å². The highest BCUT2D eigenvalue weighted by Gasteiger charge is 2.27. The van der Waals surface area contributed by atoms with Gasteiger partial charge in [-0.3, -0.25) is 0 Å². The van der Waals surface area contributed by atoms with Crippen molar-refractivity contribution in [2.75, 3.05) is 26.3 Å². The molecule has 2 unspecified atom stereocenters. The van der Waals surface area contributed by atoms with Crippen molar-refractivity contribution < 1.29 is 4.74 Å². The van der Waals surface area contributed by atoms with Crippen LogP contribution in [0.15, 0.2) is 0 Å². The largest absolute Gasteiger partial charge is 0.381 e. The van der Waals surface area contributed by atoms with Crippen LogP contribution in [0.4, 0.5) is 0 Å². The van der Waals surface area contributed by atoms with Crippen LogP contribution in [0.5, 0.6) is 0 Å². The zero-order valence-electron chi connectivity index (χ0n) is 8.87. The van der Waals surface area contributed by atoms with Gasteiger partial charge in [-0.25, -0.2) is 0 Å². The minimum absolute atomic E-state index is 0.714. The van der Waals surface area contributed by atoms with Crippen molar-refractivity contribution in [3.63, 3.8) is 0 Å². The lowest BCUT2D eigenvalue weighted by atomic mass is 9.84. The predicted molar refractivity (Wildman–Crippen MR) is 57.1 cm³/mol. The first-order chi connectivity index (χ1) is 6.90. The molecular weight excluding hydrogens is 176 g/mol. The molecule has 3 N–H and O–H groups in total. The Morgan fingerprint density at radius 1 is 1.14 bits per heavy atom. The van der Waals surface area contributed by atoms with Crippen LogP contribution in [-0.2, 0) is 4.74 Å². The standard InChI is InChI=1S/C11H22N2O/c12-7-9-1-2-11(13-8-9)10-3-5-14-6-4-10/h9-11,13H,1-8,12H2. The van der Waals surface area contributed by atoms with Crippen molar-refractivity contribution in [1.29, 1.82) is 0 Å². The Balaban J connectivity index is 1.76. The van der Waals surface area contributed by atoms with Gasteiger partial charge in [0.25, 0.3) is 0 Å². The van der Waals surface area contributed by atoms with Crippen LogP contribution >= 0.6 is 0 Å². The van der Waals surface area contributed by atoms with Gasteiger partial charge in [-0.1, -0.05) is 0 Å². The molecule has 0 spiro atoms.